The lowest BCUT2D eigenvalue weighted by Crippen LogP contribution is -2.28. The van der Waals surface area contributed by atoms with Crippen molar-refractivity contribution in [2.45, 2.75) is 0 Å². The molecule has 0 bridgehead atoms. The second-order valence-electron chi connectivity index (χ2n) is 3.89. The van der Waals surface area contributed by atoms with Crippen LogP contribution in [-0.2, 0) is 0 Å². The number of carbonyl (C=O) groups excluding carboxylic acids is 1. The van der Waals surface area contributed by atoms with Crippen LogP contribution in [0.15, 0.2) is 60.9 Å². The molecule has 0 saturated heterocycles. The SMILES string of the molecule is O=C(NC/C=C/c1ccccc1)Nc1cccnc1. The molecule has 1 aromatic heterocycles. The van der Waals surface area contributed by atoms with E-state index in [1.165, 1.54) is 0 Å². The molecule has 1 heterocycles. The van der Waals surface area contributed by atoms with Crippen molar-refractivity contribution in [1.82, 2.24) is 10.3 Å². The van der Waals surface area contributed by atoms with Crippen molar-refractivity contribution in [3.63, 3.8) is 0 Å². The first-order valence-corrected chi connectivity index (χ1v) is 6.01. The van der Waals surface area contributed by atoms with E-state index < -0.39 is 0 Å². The molecule has 0 fully saturated rings. The monoisotopic (exact) mass is 253 g/mol. The van der Waals surface area contributed by atoms with Gasteiger partial charge >= 0.3 is 6.03 Å². The van der Waals surface area contributed by atoms with Gasteiger partial charge in [0.1, 0.15) is 0 Å². The van der Waals surface area contributed by atoms with Gasteiger partial charge in [-0.15, -0.1) is 0 Å². The second kappa shape index (κ2) is 6.96. The van der Waals surface area contributed by atoms with Crippen LogP contribution in [0.4, 0.5) is 10.5 Å². The zero-order valence-corrected chi connectivity index (χ0v) is 10.4. The number of hydrogen-bond donors (Lipinski definition) is 2. The maximum absolute atomic E-state index is 11.5. The highest BCUT2D eigenvalue weighted by molar-refractivity contribution is 5.89. The quantitative estimate of drug-likeness (QED) is 0.880. The van der Waals surface area contributed by atoms with Crippen LogP contribution in [-0.4, -0.2) is 17.6 Å². The number of nitrogens with zero attached hydrogens (tertiary/aromatic N) is 1. The Morgan fingerprint density at radius 1 is 1.16 bits per heavy atom. The lowest BCUT2D eigenvalue weighted by Gasteiger charge is -2.04. The summed E-state index contributed by atoms with van der Waals surface area (Å²) in [6, 6.07) is 13.2. The number of aromatic nitrogens is 1. The summed E-state index contributed by atoms with van der Waals surface area (Å²) in [7, 11) is 0. The molecule has 2 rings (SSSR count). The first-order valence-electron chi connectivity index (χ1n) is 6.01. The molecular weight excluding hydrogens is 238 g/mol. The Morgan fingerprint density at radius 2 is 2.00 bits per heavy atom. The summed E-state index contributed by atoms with van der Waals surface area (Å²) in [5.74, 6) is 0. The first kappa shape index (κ1) is 12.8. The lowest BCUT2D eigenvalue weighted by molar-refractivity contribution is 0.253. The highest BCUT2D eigenvalue weighted by Gasteiger charge is 1.98. The number of benzene rings is 1. The minimum atomic E-state index is -0.245. The van der Waals surface area contributed by atoms with Gasteiger partial charge in [0.25, 0.3) is 0 Å². The molecule has 2 amide bonds. The summed E-state index contributed by atoms with van der Waals surface area (Å²) in [5, 5.41) is 5.43. The van der Waals surface area contributed by atoms with Gasteiger partial charge in [-0.05, 0) is 17.7 Å². The van der Waals surface area contributed by atoms with Crippen molar-refractivity contribution in [3.05, 3.63) is 66.5 Å². The Morgan fingerprint density at radius 3 is 2.74 bits per heavy atom. The number of urea groups is 1. The summed E-state index contributed by atoms with van der Waals surface area (Å²) in [5.41, 5.74) is 1.78. The predicted molar refractivity (Wildman–Crippen MR) is 76.7 cm³/mol. The Balaban J connectivity index is 1.74. The average Bonchev–Trinajstić information content (AvgIpc) is 2.46. The molecule has 0 unspecified atom stereocenters. The van der Waals surface area contributed by atoms with Crippen LogP contribution < -0.4 is 10.6 Å². The fourth-order valence-corrected chi connectivity index (χ4v) is 1.52. The molecule has 96 valence electrons. The first-order chi connectivity index (χ1) is 9.34. The molecule has 1 aromatic carbocycles. The van der Waals surface area contributed by atoms with Crippen molar-refractivity contribution >= 4 is 17.8 Å². The lowest BCUT2D eigenvalue weighted by atomic mass is 10.2. The maximum atomic E-state index is 11.5. The van der Waals surface area contributed by atoms with Crippen LogP contribution in [0.1, 0.15) is 5.56 Å². The minimum absolute atomic E-state index is 0.245. The Kier molecular flexibility index (Phi) is 4.70. The second-order valence-corrected chi connectivity index (χ2v) is 3.89. The normalized spacial score (nSPS) is 10.3. The van der Waals surface area contributed by atoms with Gasteiger partial charge in [-0.1, -0.05) is 42.5 Å². The van der Waals surface area contributed by atoms with Crippen molar-refractivity contribution < 1.29 is 4.79 Å². The standard InChI is InChI=1S/C15H15N3O/c19-15(18-14-9-5-10-16-12-14)17-11-4-8-13-6-2-1-3-7-13/h1-10,12H,11H2,(H2,17,18,19)/b8-4+. The van der Waals surface area contributed by atoms with E-state index in [1.807, 2.05) is 42.5 Å². The number of nitrogens with one attached hydrogen (secondary N) is 2. The summed E-state index contributed by atoms with van der Waals surface area (Å²) in [6.45, 7) is 0.473. The maximum Gasteiger partial charge on any atom is 0.319 e. The zero-order chi connectivity index (χ0) is 13.3. The molecule has 0 aliphatic heterocycles. The Hall–Kier alpha value is -2.62. The third kappa shape index (κ3) is 4.63. The molecule has 2 N–H and O–H groups in total. The highest BCUT2D eigenvalue weighted by atomic mass is 16.2. The largest absolute Gasteiger partial charge is 0.334 e. The van der Waals surface area contributed by atoms with E-state index in [9.17, 15) is 4.79 Å². The molecule has 0 atom stereocenters. The van der Waals surface area contributed by atoms with Gasteiger partial charge in [-0.25, -0.2) is 4.79 Å². The van der Waals surface area contributed by atoms with Crippen LogP contribution in [0.25, 0.3) is 6.08 Å². The number of anilines is 1. The number of rotatable bonds is 4. The van der Waals surface area contributed by atoms with Crippen molar-refractivity contribution in [1.29, 1.82) is 0 Å². The van der Waals surface area contributed by atoms with Crippen LogP contribution in [0, 0.1) is 0 Å². The fourth-order valence-electron chi connectivity index (χ4n) is 1.52. The summed E-state index contributed by atoms with van der Waals surface area (Å²) in [6.07, 6.45) is 7.12. The molecule has 4 nitrogen and oxygen atoms in total. The average molecular weight is 253 g/mol. The van der Waals surface area contributed by atoms with Crippen LogP contribution in [0.3, 0.4) is 0 Å². The van der Waals surface area contributed by atoms with E-state index in [-0.39, 0.29) is 6.03 Å². The molecule has 0 spiro atoms. The third-order valence-corrected chi connectivity index (χ3v) is 2.41. The molecule has 0 aliphatic carbocycles. The van der Waals surface area contributed by atoms with Crippen LogP contribution >= 0.6 is 0 Å². The minimum Gasteiger partial charge on any atom is -0.334 e. The van der Waals surface area contributed by atoms with Gasteiger partial charge in [-0.2, -0.15) is 0 Å². The number of amides is 2. The third-order valence-electron chi connectivity index (χ3n) is 2.41. The molecule has 0 radical (unpaired) electrons. The van der Waals surface area contributed by atoms with Gasteiger partial charge in [-0.3, -0.25) is 4.98 Å². The van der Waals surface area contributed by atoms with Crippen molar-refractivity contribution in [2.75, 3.05) is 11.9 Å². The number of hydrogen-bond acceptors (Lipinski definition) is 2. The summed E-state index contributed by atoms with van der Waals surface area (Å²) < 4.78 is 0. The van der Waals surface area contributed by atoms with Gasteiger partial charge in [0.05, 0.1) is 11.9 Å². The molecule has 2 aromatic rings. The van der Waals surface area contributed by atoms with E-state index in [0.717, 1.165) is 5.56 Å². The smallest absolute Gasteiger partial charge is 0.319 e. The van der Waals surface area contributed by atoms with Gasteiger partial charge in [0, 0.05) is 12.7 Å². The highest BCUT2D eigenvalue weighted by Crippen LogP contribution is 2.02. The van der Waals surface area contributed by atoms with Crippen molar-refractivity contribution in [2.24, 2.45) is 0 Å². The van der Waals surface area contributed by atoms with Crippen LogP contribution in [0.5, 0.6) is 0 Å². The molecule has 4 heteroatoms. The van der Waals surface area contributed by atoms with Gasteiger partial charge in [0.2, 0.25) is 0 Å². The van der Waals surface area contributed by atoms with E-state index in [2.05, 4.69) is 15.6 Å². The fraction of sp³-hybridized carbons (Fsp3) is 0.0667. The van der Waals surface area contributed by atoms with E-state index in [4.69, 9.17) is 0 Å². The van der Waals surface area contributed by atoms with Gasteiger partial charge < -0.3 is 10.6 Å². The van der Waals surface area contributed by atoms with Crippen LogP contribution in [0.2, 0.25) is 0 Å². The Bertz CT molecular complexity index is 538. The molecule has 0 aliphatic rings. The molecule has 19 heavy (non-hydrogen) atoms. The van der Waals surface area contributed by atoms with Gasteiger partial charge in [0.15, 0.2) is 0 Å². The number of carbonyl (C=O) groups is 1. The molecule has 0 saturated carbocycles. The summed E-state index contributed by atoms with van der Waals surface area (Å²) in [4.78, 5) is 15.5. The number of pyridine rings is 1. The molecular formula is C15H15N3O. The van der Waals surface area contributed by atoms with E-state index in [1.54, 1.807) is 24.5 Å². The Labute approximate surface area is 112 Å². The van der Waals surface area contributed by atoms with Crippen molar-refractivity contribution in [3.8, 4) is 0 Å². The topological polar surface area (TPSA) is 54.0 Å². The van der Waals surface area contributed by atoms with E-state index >= 15 is 0 Å². The predicted octanol–water partition coefficient (Wildman–Crippen LogP) is 2.92. The van der Waals surface area contributed by atoms with E-state index in [0.29, 0.717) is 12.2 Å². The zero-order valence-electron chi connectivity index (χ0n) is 10.4. The summed E-state index contributed by atoms with van der Waals surface area (Å²) >= 11 is 0.